The van der Waals surface area contributed by atoms with Crippen molar-refractivity contribution in [3.63, 3.8) is 0 Å². The van der Waals surface area contributed by atoms with Crippen molar-refractivity contribution in [3.05, 3.63) is 53.6 Å². The summed E-state index contributed by atoms with van der Waals surface area (Å²) in [4.78, 5) is 0. The Balaban J connectivity index is 0.000000510. The van der Waals surface area contributed by atoms with Crippen molar-refractivity contribution in [3.8, 4) is 5.75 Å². The van der Waals surface area contributed by atoms with Gasteiger partial charge in [-0.2, -0.15) is 0 Å². The van der Waals surface area contributed by atoms with E-state index in [4.69, 9.17) is 4.74 Å². The van der Waals surface area contributed by atoms with Crippen LogP contribution in [0.5, 0.6) is 5.75 Å². The molecule has 1 heterocycles. The molecule has 0 aromatic heterocycles. The maximum Gasteiger partial charge on any atom is 0.192 e. The predicted octanol–water partition coefficient (Wildman–Crippen LogP) is 3.15. The van der Waals surface area contributed by atoms with Gasteiger partial charge < -0.3 is 9.84 Å². The van der Waals surface area contributed by atoms with Crippen LogP contribution in [0, 0.1) is 0 Å². The zero-order valence-corrected chi connectivity index (χ0v) is 13.6. The van der Waals surface area contributed by atoms with Crippen molar-refractivity contribution in [2.45, 2.75) is 33.8 Å². The van der Waals surface area contributed by atoms with Crippen molar-refractivity contribution in [1.29, 1.82) is 0 Å². The first kappa shape index (κ1) is 17.3. The molecule has 0 saturated carbocycles. The van der Waals surface area contributed by atoms with Gasteiger partial charge in [-0.15, -0.1) is 0 Å². The third-order valence-corrected chi connectivity index (χ3v) is 3.18. The lowest BCUT2D eigenvalue weighted by Crippen LogP contribution is -2.39. The number of aromatic hydroxyl groups is 1. The Kier molecular flexibility index (Phi) is 7.03. The van der Waals surface area contributed by atoms with Crippen molar-refractivity contribution >= 4 is 18.2 Å². The number of methoxy groups -OCH3 is 1. The van der Waals surface area contributed by atoms with Crippen LogP contribution in [-0.4, -0.2) is 19.5 Å². The van der Waals surface area contributed by atoms with Crippen molar-refractivity contribution in [2.75, 3.05) is 7.11 Å². The van der Waals surface area contributed by atoms with E-state index in [1.165, 1.54) is 5.46 Å². The summed E-state index contributed by atoms with van der Waals surface area (Å²) in [5.74, 6) is 0.276. The van der Waals surface area contributed by atoms with Gasteiger partial charge in [-0.3, -0.25) is 0 Å². The summed E-state index contributed by atoms with van der Waals surface area (Å²) in [6.07, 6.45) is -0.0988. The van der Waals surface area contributed by atoms with E-state index in [0.717, 1.165) is 16.6 Å². The molecule has 2 aromatic rings. The first-order valence-corrected chi connectivity index (χ1v) is 7.59. The van der Waals surface area contributed by atoms with E-state index in [0.29, 0.717) is 0 Å². The molecule has 0 aliphatic carbocycles. The van der Waals surface area contributed by atoms with Crippen LogP contribution >= 0.6 is 0 Å². The first-order valence-electron chi connectivity index (χ1n) is 7.59. The quantitative estimate of drug-likeness (QED) is 0.815. The van der Waals surface area contributed by atoms with E-state index < -0.39 is 0 Å². The third kappa shape index (κ3) is 3.67. The lowest BCUT2D eigenvalue weighted by Gasteiger charge is -2.27. The summed E-state index contributed by atoms with van der Waals surface area (Å²) >= 11 is 0. The molecule has 1 unspecified atom stereocenters. The van der Waals surface area contributed by atoms with E-state index in [9.17, 15) is 5.11 Å². The molecule has 1 atom stereocenters. The molecule has 0 saturated heterocycles. The highest BCUT2D eigenvalue weighted by Gasteiger charge is 2.25. The lowest BCUT2D eigenvalue weighted by atomic mass is 9.56. The minimum atomic E-state index is -0.0988. The van der Waals surface area contributed by atoms with E-state index in [2.05, 4.69) is 19.4 Å². The molecule has 2 aromatic carbocycles. The number of hydrogen-bond donors (Lipinski definition) is 1. The summed E-state index contributed by atoms with van der Waals surface area (Å²) in [5, 5.41) is 9.58. The molecular weight excluding hydrogens is 259 g/mol. The van der Waals surface area contributed by atoms with Gasteiger partial charge >= 0.3 is 0 Å². The maximum atomic E-state index is 9.58. The number of hydrogen-bond acceptors (Lipinski definition) is 2. The highest BCUT2D eigenvalue weighted by molar-refractivity contribution is 6.69. The molecule has 1 N–H and O–H groups in total. The second-order valence-corrected chi connectivity index (χ2v) is 4.20. The Morgan fingerprint density at radius 1 is 0.905 bits per heavy atom. The van der Waals surface area contributed by atoms with E-state index in [-0.39, 0.29) is 11.9 Å². The summed E-state index contributed by atoms with van der Waals surface area (Å²) in [5.41, 5.74) is 4.45. The second kappa shape index (κ2) is 8.53. The van der Waals surface area contributed by atoms with Crippen molar-refractivity contribution in [1.82, 2.24) is 0 Å². The van der Waals surface area contributed by atoms with E-state index >= 15 is 0 Å². The number of benzene rings is 2. The van der Waals surface area contributed by atoms with Gasteiger partial charge in [0.05, 0.1) is 0 Å². The molecule has 1 aliphatic heterocycles. The number of phenolic OH excluding ortho intramolecular Hbond substituents is 1. The minimum absolute atomic E-state index is 0.0988. The third-order valence-electron chi connectivity index (χ3n) is 3.18. The van der Waals surface area contributed by atoms with Crippen LogP contribution in [0.2, 0.25) is 0 Å². The predicted molar refractivity (Wildman–Crippen MR) is 91.1 cm³/mol. The summed E-state index contributed by atoms with van der Waals surface area (Å²) in [6.45, 7) is 8.00. The van der Waals surface area contributed by atoms with Gasteiger partial charge in [-0.25, -0.2) is 0 Å². The topological polar surface area (TPSA) is 29.5 Å². The van der Waals surface area contributed by atoms with Crippen LogP contribution in [0.15, 0.2) is 42.5 Å². The summed E-state index contributed by atoms with van der Waals surface area (Å²) in [6, 6.07) is 13.6. The molecule has 0 bridgehead atoms. The fourth-order valence-corrected chi connectivity index (χ4v) is 2.39. The van der Waals surface area contributed by atoms with Crippen LogP contribution in [0.4, 0.5) is 0 Å². The SMILES string of the molecule is CC.CC.COC1c2ccccc2[B]c2ccc(O)cc21. The smallest absolute Gasteiger partial charge is 0.192 e. The fraction of sp³-hybridized carbons (Fsp3) is 0.333. The van der Waals surface area contributed by atoms with Gasteiger partial charge in [0.2, 0.25) is 0 Å². The molecule has 111 valence electrons. The number of rotatable bonds is 1. The minimum Gasteiger partial charge on any atom is -0.508 e. The molecule has 0 spiro atoms. The summed E-state index contributed by atoms with van der Waals surface area (Å²) in [7, 11) is 3.82. The maximum absolute atomic E-state index is 9.58. The Labute approximate surface area is 129 Å². The first-order chi connectivity index (χ1) is 10.3. The molecule has 3 heteroatoms. The second-order valence-electron chi connectivity index (χ2n) is 4.20. The lowest BCUT2D eigenvalue weighted by molar-refractivity contribution is 0.137. The number of ether oxygens (including phenoxy) is 1. The van der Waals surface area contributed by atoms with Gasteiger partial charge in [0, 0.05) is 7.11 Å². The van der Waals surface area contributed by atoms with Gasteiger partial charge in [0.25, 0.3) is 0 Å². The standard InChI is InChI=1S/C14H12BO2.2C2H6/c1-17-14-10-4-2-3-5-12(10)15-13-7-6-9(16)8-11(13)14;2*1-2/h2-8,14,16H,1H3;2*1-2H3. The molecule has 2 nitrogen and oxygen atoms in total. The zero-order chi connectivity index (χ0) is 15.8. The van der Waals surface area contributed by atoms with Gasteiger partial charge in [-0.1, -0.05) is 69.0 Å². The number of fused-ring (bicyclic) bond motifs is 2. The molecule has 0 amide bonds. The Morgan fingerprint density at radius 3 is 2.19 bits per heavy atom. The summed E-state index contributed by atoms with van der Waals surface area (Å²) < 4.78 is 5.57. The van der Waals surface area contributed by atoms with Gasteiger partial charge in [0.1, 0.15) is 11.9 Å². The molecule has 0 fully saturated rings. The monoisotopic (exact) mass is 283 g/mol. The largest absolute Gasteiger partial charge is 0.508 e. The Morgan fingerprint density at radius 2 is 1.52 bits per heavy atom. The highest BCUT2D eigenvalue weighted by atomic mass is 16.5. The van der Waals surface area contributed by atoms with Crippen LogP contribution in [0.25, 0.3) is 0 Å². The van der Waals surface area contributed by atoms with Crippen LogP contribution in [0.1, 0.15) is 44.9 Å². The average molecular weight is 283 g/mol. The highest BCUT2D eigenvalue weighted by Crippen LogP contribution is 2.27. The zero-order valence-electron chi connectivity index (χ0n) is 13.6. The van der Waals surface area contributed by atoms with E-state index in [1.807, 2.05) is 45.9 Å². The Bertz CT molecular complexity index is 567. The Hall–Kier alpha value is -1.74. The molecule has 21 heavy (non-hydrogen) atoms. The van der Waals surface area contributed by atoms with Crippen LogP contribution < -0.4 is 10.9 Å². The number of phenols is 1. The van der Waals surface area contributed by atoms with Crippen LogP contribution in [0.3, 0.4) is 0 Å². The van der Waals surface area contributed by atoms with Gasteiger partial charge in [-0.05, 0) is 23.3 Å². The molecular formula is C18H24BO2. The normalized spacial score (nSPS) is 14.2. The van der Waals surface area contributed by atoms with Crippen LogP contribution in [-0.2, 0) is 4.74 Å². The van der Waals surface area contributed by atoms with Gasteiger partial charge in [0.15, 0.2) is 7.28 Å². The molecule has 1 aliphatic rings. The fourth-order valence-electron chi connectivity index (χ4n) is 2.39. The van der Waals surface area contributed by atoms with E-state index in [1.54, 1.807) is 19.2 Å². The van der Waals surface area contributed by atoms with Crippen molar-refractivity contribution < 1.29 is 9.84 Å². The molecule has 1 radical (unpaired) electrons. The molecule has 3 rings (SSSR count). The average Bonchev–Trinajstić information content (AvgIpc) is 2.56. The van der Waals surface area contributed by atoms with Crippen molar-refractivity contribution in [2.24, 2.45) is 0 Å².